The van der Waals surface area contributed by atoms with E-state index in [1.165, 1.54) is 238 Å². The molecule has 0 fully saturated rings. The number of nitrogens with one attached hydrogen (secondary N) is 1. The predicted molar refractivity (Wildman–Crippen MR) is 298 cm³/mol. The van der Waals surface area contributed by atoms with Crippen molar-refractivity contribution in [2.45, 2.75) is 315 Å². The number of likely N-dealkylation sites (N-methyl/N-ethyl adjacent to an activating group) is 1. The molecule has 3 unspecified atom stereocenters. The van der Waals surface area contributed by atoms with Crippen LogP contribution in [0.3, 0.4) is 0 Å². The van der Waals surface area contributed by atoms with E-state index in [9.17, 15) is 19.4 Å². The molecule has 0 spiro atoms. The van der Waals surface area contributed by atoms with Crippen LogP contribution in [0.15, 0.2) is 24.3 Å². The molecule has 0 radical (unpaired) electrons. The Labute approximate surface area is 430 Å². The maximum atomic E-state index is 12.8. The van der Waals surface area contributed by atoms with Gasteiger partial charge in [-0.3, -0.25) is 9.36 Å². The Kier molecular flexibility index (Phi) is 51.1. The molecule has 0 saturated heterocycles. The number of nitrogens with zero attached hydrogens (tertiary/aromatic N) is 1. The van der Waals surface area contributed by atoms with Crippen LogP contribution in [0.2, 0.25) is 0 Å². The van der Waals surface area contributed by atoms with E-state index in [0.29, 0.717) is 17.4 Å². The Hall–Kier alpha value is -1.02. The van der Waals surface area contributed by atoms with Crippen LogP contribution in [-0.2, 0) is 18.4 Å². The van der Waals surface area contributed by atoms with Gasteiger partial charge >= 0.3 is 0 Å². The van der Waals surface area contributed by atoms with Crippen LogP contribution in [0, 0.1) is 0 Å². The van der Waals surface area contributed by atoms with Crippen LogP contribution >= 0.6 is 7.82 Å². The minimum atomic E-state index is -4.59. The zero-order valence-electron chi connectivity index (χ0n) is 46.8. The van der Waals surface area contributed by atoms with Crippen LogP contribution in [0.25, 0.3) is 0 Å². The zero-order valence-corrected chi connectivity index (χ0v) is 47.7. The summed E-state index contributed by atoms with van der Waals surface area (Å²) in [6.07, 6.45) is 66.4. The van der Waals surface area contributed by atoms with E-state index < -0.39 is 26.6 Å². The summed E-state index contributed by atoms with van der Waals surface area (Å²) in [5.74, 6) is -0.207. The first-order valence-corrected chi connectivity index (χ1v) is 31.7. The second kappa shape index (κ2) is 51.9. The fourth-order valence-corrected chi connectivity index (χ4v) is 9.90. The van der Waals surface area contributed by atoms with Gasteiger partial charge in [0.15, 0.2) is 0 Å². The number of phosphoric acid groups is 1. The molecule has 9 heteroatoms. The highest BCUT2D eigenvalue weighted by Gasteiger charge is 2.23. The van der Waals surface area contributed by atoms with Crippen molar-refractivity contribution in [3.63, 3.8) is 0 Å². The van der Waals surface area contributed by atoms with Crippen LogP contribution < -0.4 is 10.2 Å². The number of carbonyl (C=O) groups excluding carboxylic acids is 1. The Morgan fingerprint density at radius 1 is 0.493 bits per heavy atom. The molecule has 0 rings (SSSR count). The maximum Gasteiger partial charge on any atom is 0.268 e. The second-order valence-electron chi connectivity index (χ2n) is 22.1. The molecule has 410 valence electrons. The summed E-state index contributed by atoms with van der Waals surface area (Å²) in [6, 6.07) is -0.897. The van der Waals surface area contributed by atoms with E-state index in [-0.39, 0.29) is 12.5 Å². The molecule has 0 aliphatic heterocycles. The smallest absolute Gasteiger partial charge is 0.268 e. The van der Waals surface area contributed by atoms with Gasteiger partial charge in [-0.15, -0.1) is 0 Å². The molecular weight excluding hydrogens is 876 g/mol. The van der Waals surface area contributed by atoms with Crippen molar-refractivity contribution in [1.82, 2.24) is 5.32 Å². The van der Waals surface area contributed by atoms with Gasteiger partial charge in [0.2, 0.25) is 5.91 Å². The quantitative estimate of drug-likeness (QED) is 0.0272. The third kappa shape index (κ3) is 54.6. The molecule has 0 aromatic carbocycles. The lowest BCUT2D eigenvalue weighted by molar-refractivity contribution is -0.870. The molecule has 3 atom stereocenters. The van der Waals surface area contributed by atoms with Gasteiger partial charge in [-0.25, -0.2) is 0 Å². The molecule has 0 aromatic rings. The highest BCUT2D eigenvalue weighted by Crippen LogP contribution is 2.38. The predicted octanol–water partition coefficient (Wildman–Crippen LogP) is 17.7. The number of hydrogen-bond donors (Lipinski definition) is 2. The monoisotopic (exact) mass is 995 g/mol. The third-order valence-corrected chi connectivity index (χ3v) is 14.9. The number of hydrogen-bond acceptors (Lipinski definition) is 6. The fraction of sp³-hybridized carbons (Fsp3) is 0.917. The normalized spacial score (nSPS) is 14.0. The first-order valence-electron chi connectivity index (χ1n) is 30.2. The summed E-state index contributed by atoms with van der Waals surface area (Å²) in [4.78, 5) is 25.3. The molecule has 0 heterocycles. The van der Waals surface area contributed by atoms with Crippen LogP contribution in [-0.4, -0.2) is 68.5 Å². The Morgan fingerprint density at radius 3 is 1.14 bits per heavy atom. The van der Waals surface area contributed by atoms with Crippen LogP contribution in [0.5, 0.6) is 0 Å². The number of aliphatic hydroxyl groups is 1. The van der Waals surface area contributed by atoms with Gasteiger partial charge in [-0.1, -0.05) is 295 Å². The van der Waals surface area contributed by atoms with Gasteiger partial charge in [-0.05, 0) is 25.7 Å². The number of allylic oxidation sites excluding steroid dienone is 3. The zero-order chi connectivity index (χ0) is 50.6. The number of carbonyl (C=O) groups is 1. The molecule has 0 aliphatic carbocycles. The maximum absolute atomic E-state index is 12.8. The summed E-state index contributed by atoms with van der Waals surface area (Å²) in [6.45, 7) is 4.54. The summed E-state index contributed by atoms with van der Waals surface area (Å²) in [7, 11) is 1.25. The molecule has 0 saturated carbocycles. The van der Waals surface area contributed by atoms with Gasteiger partial charge in [0.1, 0.15) is 13.2 Å². The largest absolute Gasteiger partial charge is 0.756 e. The summed E-state index contributed by atoms with van der Waals surface area (Å²) >= 11 is 0. The van der Waals surface area contributed by atoms with E-state index >= 15 is 0 Å². The van der Waals surface area contributed by atoms with Crippen molar-refractivity contribution in [1.29, 1.82) is 0 Å². The van der Waals surface area contributed by atoms with Crippen molar-refractivity contribution in [2.24, 2.45) is 0 Å². The standard InChI is InChI=1S/C60H119N2O6P/c1-6-8-10-12-14-15-16-17-18-19-20-21-22-23-24-25-26-27-28-29-30-31-32-33-34-35-36-37-38-39-40-41-42-43-44-45-46-48-50-52-54-60(64)61-58(59(63)53-51-49-47-13-11-9-7-2)57-68-69(65,66)67-56-55-62(3,4)5/h11,13,51,53,58-59,63H,6-10,12,14-50,52,54-57H2,1-5H3,(H-,61,64,65,66)/b13-11+,53-51+. The highest BCUT2D eigenvalue weighted by molar-refractivity contribution is 7.45. The Morgan fingerprint density at radius 2 is 0.812 bits per heavy atom. The minimum absolute atomic E-state index is 0.00485. The number of unbranched alkanes of at least 4 members (excludes halogenated alkanes) is 41. The van der Waals surface area contributed by atoms with Gasteiger partial charge in [0.05, 0.1) is 39.9 Å². The van der Waals surface area contributed by atoms with Gasteiger partial charge in [-0.2, -0.15) is 0 Å². The molecule has 69 heavy (non-hydrogen) atoms. The van der Waals surface area contributed by atoms with E-state index in [1.807, 2.05) is 27.2 Å². The molecule has 0 bridgehead atoms. The Balaban J connectivity index is 3.68. The van der Waals surface area contributed by atoms with E-state index in [4.69, 9.17) is 9.05 Å². The van der Waals surface area contributed by atoms with E-state index in [0.717, 1.165) is 44.9 Å². The van der Waals surface area contributed by atoms with Gasteiger partial charge in [0.25, 0.3) is 7.82 Å². The minimum Gasteiger partial charge on any atom is -0.756 e. The lowest BCUT2D eigenvalue weighted by Gasteiger charge is -2.29. The van der Waals surface area contributed by atoms with Crippen LogP contribution in [0.4, 0.5) is 0 Å². The lowest BCUT2D eigenvalue weighted by atomic mass is 10.0. The third-order valence-electron chi connectivity index (χ3n) is 13.9. The first-order chi connectivity index (χ1) is 33.5. The fourth-order valence-electron chi connectivity index (χ4n) is 9.18. The molecule has 1 amide bonds. The number of rotatable bonds is 56. The number of aliphatic hydroxyl groups excluding tert-OH is 1. The van der Waals surface area contributed by atoms with Gasteiger partial charge < -0.3 is 28.8 Å². The first kappa shape index (κ1) is 68.0. The van der Waals surface area contributed by atoms with Crippen molar-refractivity contribution in [2.75, 3.05) is 40.9 Å². The van der Waals surface area contributed by atoms with Crippen molar-refractivity contribution in [3.8, 4) is 0 Å². The number of amides is 1. The Bertz CT molecular complexity index is 1170. The molecular formula is C60H119N2O6P. The van der Waals surface area contributed by atoms with Crippen molar-refractivity contribution >= 4 is 13.7 Å². The van der Waals surface area contributed by atoms with E-state index in [2.05, 4.69) is 31.3 Å². The van der Waals surface area contributed by atoms with Crippen molar-refractivity contribution in [3.05, 3.63) is 24.3 Å². The summed E-state index contributed by atoms with van der Waals surface area (Å²) in [5.41, 5.74) is 0. The van der Waals surface area contributed by atoms with Crippen molar-refractivity contribution < 1.29 is 32.9 Å². The highest BCUT2D eigenvalue weighted by atomic mass is 31.2. The average Bonchev–Trinajstić information content (AvgIpc) is 3.31. The number of quaternary nitrogens is 1. The summed E-state index contributed by atoms with van der Waals surface area (Å²) < 4.78 is 23.1. The van der Waals surface area contributed by atoms with Gasteiger partial charge in [0, 0.05) is 6.42 Å². The average molecular weight is 996 g/mol. The summed E-state index contributed by atoms with van der Waals surface area (Å²) in [5, 5.41) is 13.7. The SMILES string of the molecule is CCC/C=C/CC/C=C/C(O)C(COP(=O)([O-])OCC[N+](C)(C)C)NC(=O)CCCCCCCCCCCCCCCCCCCCCCCCCCCCCCCCCCCCCCCCCC. The molecule has 2 N–H and O–H groups in total. The topological polar surface area (TPSA) is 108 Å². The number of phosphoric ester groups is 1. The molecule has 0 aliphatic rings. The second-order valence-corrected chi connectivity index (χ2v) is 23.5. The van der Waals surface area contributed by atoms with E-state index in [1.54, 1.807) is 6.08 Å². The molecule has 0 aromatic heterocycles. The van der Waals surface area contributed by atoms with Crippen LogP contribution in [0.1, 0.15) is 303 Å². The molecule has 8 nitrogen and oxygen atoms in total. The lowest BCUT2D eigenvalue weighted by Crippen LogP contribution is -2.45.